The Morgan fingerprint density at radius 3 is 2.76 bits per heavy atom. The molecule has 5 rings (SSSR count). The number of carbonyl (C=O) groups is 2. The Hall–Kier alpha value is -4.02. The van der Waals surface area contributed by atoms with Crippen LogP contribution in [0, 0.1) is 5.92 Å². The molecule has 170 valence electrons. The summed E-state index contributed by atoms with van der Waals surface area (Å²) in [7, 11) is 1.50. The molecular formula is C22H24N8O3. The van der Waals surface area contributed by atoms with Gasteiger partial charge in [-0.05, 0) is 37.8 Å². The van der Waals surface area contributed by atoms with Crippen LogP contribution >= 0.6 is 0 Å². The van der Waals surface area contributed by atoms with E-state index in [2.05, 4.69) is 30.9 Å². The lowest BCUT2D eigenvalue weighted by atomic mass is 10.2. The first kappa shape index (κ1) is 17.5. The van der Waals surface area contributed by atoms with Crippen molar-refractivity contribution in [2.24, 2.45) is 5.92 Å². The van der Waals surface area contributed by atoms with Crippen molar-refractivity contribution in [2.75, 3.05) is 24.7 Å². The normalized spacial score (nSPS) is 16.8. The number of anilines is 3. The molecule has 3 N–H and O–H groups in total. The molecule has 2 heterocycles. The van der Waals surface area contributed by atoms with Gasteiger partial charge in [-0.1, -0.05) is 6.07 Å². The van der Waals surface area contributed by atoms with Crippen molar-refractivity contribution in [1.82, 2.24) is 30.3 Å². The summed E-state index contributed by atoms with van der Waals surface area (Å²) in [6, 6.07) is 6.72. The third-order valence-electron chi connectivity index (χ3n) is 5.49. The van der Waals surface area contributed by atoms with Gasteiger partial charge >= 0.3 is 0 Å². The first-order valence-corrected chi connectivity index (χ1v) is 10.6. The molecule has 2 aromatic heterocycles. The fourth-order valence-corrected chi connectivity index (χ4v) is 3.43. The third kappa shape index (κ3) is 4.34. The largest absolute Gasteiger partial charge is 0.492 e. The molecule has 0 aliphatic heterocycles. The molecule has 2 amide bonds. The molecule has 2 aliphatic rings. The van der Waals surface area contributed by atoms with Crippen molar-refractivity contribution >= 4 is 29.0 Å². The lowest BCUT2D eigenvalue weighted by Crippen LogP contribution is -2.22. The average Bonchev–Trinajstić information content (AvgIpc) is 3.76. The second-order valence-electron chi connectivity index (χ2n) is 8.01. The van der Waals surface area contributed by atoms with Crippen LogP contribution in [0.5, 0.6) is 5.75 Å². The maximum Gasteiger partial charge on any atom is 0.273 e. The lowest BCUT2D eigenvalue weighted by Gasteiger charge is -2.16. The Balaban J connectivity index is 1.49. The monoisotopic (exact) mass is 451 g/mol. The first-order valence-electron chi connectivity index (χ1n) is 12.1. The Morgan fingerprint density at radius 2 is 2.03 bits per heavy atom. The van der Waals surface area contributed by atoms with Crippen LogP contribution in [0.3, 0.4) is 0 Å². The van der Waals surface area contributed by atoms with Crippen LogP contribution in [0.4, 0.5) is 17.2 Å². The van der Waals surface area contributed by atoms with Crippen molar-refractivity contribution in [3.63, 3.8) is 0 Å². The van der Waals surface area contributed by atoms with E-state index < -0.39 is 12.9 Å². The molecule has 1 aromatic carbocycles. The number of nitrogens with zero attached hydrogens (tertiary/aromatic N) is 5. The molecular weight excluding hydrogens is 424 g/mol. The summed E-state index contributed by atoms with van der Waals surface area (Å²) in [5.74, 6) is 0.477. The van der Waals surface area contributed by atoms with Crippen LogP contribution in [0.25, 0.3) is 5.69 Å². The summed E-state index contributed by atoms with van der Waals surface area (Å²) >= 11 is 0. The van der Waals surface area contributed by atoms with Crippen molar-refractivity contribution in [3.05, 3.63) is 42.1 Å². The van der Waals surface area contributed by atoms with Gasteiger partial charge in [0.2, 0.25) is 5.91 Å². The number of methoxy groups -OCH3 is 1. The molecule has 0 spiro atoms. The van der Waals surface area contributed by atoms with Crippen LogP contribution < -0.4 is 20.7 Å². The standard InChI is InChI=1S/C22H24N8O3/c1-23-22(32)18-15(10-17(27-28-18)26-21(31)13-8-9-13)25-14-4-3-5-16(19(14)33-2)30-11-24-20(29-30)12-6-7-12/h3-5,10-13H,6-9H2,1-2H3,(H,23,32)(H2,25,26,27,31)/i1D3. The van der Waals surface area contributed by atoms with Gasteiger partial charge in [-0.25, -0.2) is 9.67 Å². The molecule has 11 nitrogen and oxygen atoms in total. The van der Waals surface area contributed by atoms with E-state index in [4.69, 9.17) is 8.85 Å². The predicted octanol–water partition coefficient (Wildman–Crippen LogP) is 2.40. The van der Waals surface area contributed by atoms with Crippen LogP contribution in [0.1, 0.15) is 52.0 Å². The maximum atomic E-state index is 12.7. The average molecular weight is 452 g/mol. The molecule has 0 atom stereocenters. The zero-order valence-electron chi connectivity index (χ0n) is 20.8. The lowest BCUT2D eigenvalue weighted by molar-refractivity contribution is -0.117. The van der Waals surface area contributed by atoms with Gasteiger partial charge < -0.3 is 20.7 Å². The third-order valence-corrected chi connectivity index (χ3v) is 5.49. The number of carbonyl (C=O) groups excluding carboxylic acids is 2. The highest BCUT2D eigenvalue weighted by atomic mass is 16.5. The van der Waals surface area contributed by atoms with Crippen LogP contribution in [0.15, 0.2) is 30.6 Å². The van der Waals surface area contributed by atoms with E-state index in [0.717, 1.165) is 31.5 Å². The van der Waals surface area contributed by atoms with E-state index in [0.29, 0.717) is 23.0 Å². The molecule has 2 aliphatic carbocycles. The van der Waals surface area contributed by atoms with Crippen LogP contribution in [0.2, 0.25) is 0 Å². The van der Waals surface area contributed by atoms with Gasteiger partial charge in [-0.3, -0.25) is 9.59 Å². The Bertz CT molecular complexity index is 1320. The van der Waals surface area contributed by atoms with E-state index in [-0.39, 0.29) is 29.0 Å². The minimum Gasteiger partial charge on any atom is -0.492 e. The summed E-state index contributed by atoms with van der Waals surface area (Å²) in [5.41, 5.74) is 0.930. The van der Waals surface area contributed by atoms with Gasteiger partial charge in [0.05, 0.1) is 18.5 Å². The summed E-state index contributed by atoms with van der Waals surface area (Å²) < 4.78 is 29.3. The maximum absolute atomic E-state index is 12.7. The van der Waals surface area contributed by atoms with Crippen LogP contribution in [-0.2, 0) is 4.79 Å². The molecule has 2 saturated carbocycles. The number of nitrogens with one attached hydrogen (secondary N) is 3. The van der Waals surface area contributed by atoms with E-state index in [1.54, 1.807) is 23.1 Å². The summed E-state index contributed by atoms with van der Waals surface area (Å²) in [6.07, 6.45) is 5.36. The second kappa shape index (κ2) is 8.49. The molecule has 0 saturated heterocycles. The SMILES string of the molecule is [2H]C([2H])([2H])NC(=O)c1nnc(NC(=O)C2CC2)cc1Nc1cccc(-n2cnc(C3CC3)n2)c1OC. The fourth-order valence-electron chi connectivity index (χ4n) is 3.43. The van der Waals surface area contributed by atoms with Crippen molar-refractivity contribution in [1.29, 1.82) is 0 Å². The second-order valence-corrected chi connectivity index (χ2v) is 8.01. The van der Waals surface area contributed by atoms with Crippen molar-refractivity contribution in [3.8, 4) is 11.4 Å². The quantitative estimate of drug-likeness (QED) is 0.475. The topological polar surface area (TPSA) is 136 Å². The number of para-hydroxylation sites is 1. The van der Waals surface area contributed by atoms with Crippen molar-refractivity contribution < 1.29 is 18.4 Å². The van der Waals surface area contributed by atoms with Gasteiger partial charge in [-0.15, -0.1) is 10.2 Å². The highest BCUT2D eigenvalue weighted by Crippen LogP contribution is 2.39. The zero-order valence-corrected chi connectivity index (χ0v) is 17.8. The Morgan fingerprint density at radius 1 is 1.18 bits per heavy atom. The van der Waals surface area contributed by atoms with Gasteiger partial charge in [0, 0.05) is 29.0 Å². The molecule has 33 heavy (non-hydrogen) atoms. The molecule has 2 fully saturated rings. The number of aromatic nitrogens is 5. The summed E-state index contributed by atoms with van der Waals surface area (Å²) in [5, 5.41) is 20.0. The number of rotatable bonds is 8. The molecule has 3 aromatic rings. The predicted molar refractivity (Wildman–Crippen MR) is 120 cm³/mol. The van der Waals surface area contributed by atoms with Crippen molar-refractivity contribution in [2.45, 2.75) is 31.6 Å². The molecule has 0 bridgehead atoms. The highest BCUT2D eigenvalue weighted by Gasteiger charge is 2.30. The summed E-state index contributed by atoms with van der Waals surface area (Å²) in [6.45, 7) is -2.72. The van der Waals surface area contributed by atoms with Gasteiger partial charge in [0.1, 0.15) is 12.0 Å². The van der Waals surface area contributed by atoms with Gasteiger partial charge in [0.15, 0.2) is 23.1 Å². The molecule has 0 radical (unpaired) electrons. The number of hydrogen-bond acceptors (Lipinski definition) is 8. The smallest absolute Gasteiger partial charge is 0.273 e. The van der Waals surface area contributed by atoms with E-state index in [9.17, 15) is 9.59 Å². The number of hydrogen-bond donors (Lipinski definition) is 3. The van der Waals surface area contributed by atoms with E-state index in [1.165, 1.54) is 13.2 Å². The number of amides is 2. The van der Waals surface area contributed by atoms with Gasteiger partial charge in [0.25, 0.3) is 5.91 Å². The zero-order chi connectivity index (χ0) is 25.4. The number of benzene rings is 1. The Labute approximate surface area is 194 Å². The molecule has 11 heteroatoms. The molecule has 0 unspecified atom stereocenters. The minimum atomic E-state index is -2.72. The minimum absolute atomic E-state index is 0.0678. The van der Waals surface area contributed by atoms with Crippen LogP contribution in [-0.4, -0.2) is 50.9 Å². The van der Waals surface area contributed by atoms with E-state index in [1.807, 2.05) is 11.4 Å². The van der Waals surface area contributed by atoms with E-state index >= 15 is 0 Å². The number of ether oxygens (including phenoxy) is 1. The summed E-state index contributed by atoms with van der Waals surface area (Å²) in [4.78, 5) is 29.3. The fraction of sp³-hybridized carbons (Fsp3) is 0.364. The highest BCUT2D eigenvalue weighted by molar-refractivity contribution is 5.99. The Kier molecular flexibility index (Phi) is 4.51. The van der Waals surface area contributed by atoms with Gasteiger partial charge in [-0.2, -0.15) is 5.10 Å². The first-order chi connectivity index (χ1) is 17.2.